The monoisotopic (exact) mass is 396 g/mol. The van der Waals surface area contributed by atoms with Crippen LogP contribution in [0.1, 0.15) is 43.2 Å². The first-order chi connectivity index (χ1) is 13.4. The van der Waals surface area contributed by atoms with Crippen molar-refractivity contribution in [3.8, 4) is 0 Å². The molecule has 1 amide bonds. The van der Waals surface area contributed by atoms with Gasteiger partial charge in [-0.3, -0.25) is 9.69 Å². The van der Waals surface area contributed by atoms with Gasteiger partial charge in [0.05, 0.1) is 18.8 Å². The van der Waals surface area contributed by atoms with E-state index in [0.29, 0.717) is 25.3 Å². The van der Waals surface area contributed by atoms with Gasteiger partial charge in [0.2, 0.25) is 5.91 Å². The van der Waals surface area contributed by atoms with E-state index in [1.807, 2.05) is 0 Å². The molecular formula is C21H27F3N2O2. The van der Waals surface area contributed by atoms with Crippen molar-refractivity contribution in [2.75, 3.05) is 32.8 Å². The second-order valence-corrected chi connectivity index (χ2v) is 7.56. The number of alkyl halides is 3. The molecule has 1 aromatic carbocycles. The van der Waals surface area contributed by atoms with Crippen LogP contribution in [0, 0.1) is 0 Å². The fourth-order valence-electron chi connectivity index (χ4n) is 4.15. The van der Waals surface area contributed by atoms with Crippen LogP contribution in [0.4, 0.5) is 13.2 Å². The van der Waals surface area contributed by atoms with E-state index in [4.69, 9.17) is 4.74 Å². The Morgan fingerprint density at radius 1 is 1.18 bits per heavy atom. The Balaban J connectivity index is 1.61. The van der Waals surface area contributed by atoms with Crippen LogP contribution >= 0.6 is 0 Å². The summed E-state index contributed by atoms with van der Waals surface area (Å²) >= 11 is 0. The number of halogens is 3. The van der Waals surface area contributed by atoms with E-state index in [1.165, 1.54) is 24.6 Å². The lowest BCUT2D eigenvalue weighted by Crippen LogP contribution is -2.59. The molecule has 0 aromatic heterocycles. The fraction of sp³-hybridized carbons (Fsp3) is 0.571. The van der Waals surface area contributed by atoms with E-state index in [1.54, 1.807) is 6.07 Å². The molecule has 2 fully saturated rings. The van der Waals surface area contributed by atoms with Gasteiger partial charge in [-0.25, -0.2) is 0 Å². The lowest BCUT2D eigenvalue weighted by atomic mass is 9.79. The lowest BCUT2D eigenvalue weighted by molar-refractivity contribution is -0.137. The first kappa shape index (κ1) is 20.9. The predicted octanol–water partition coefficient (Wildman–Crippen LogP) is 3.87. The quantitative estimate of drug-likeness (QED) is 0.769. The maximum absolute atomic E-state index is 12.8. The van der Waals surface area contributed by atoms with Crippen LogP contribution in [0.3, 0.4) is 0 Å². The molecule has 28 heavy (non-hydrogen) atoms. The summed E-state index contributed by atoms with van der Waals surface area (Å²) in [6.07, 6.45) is 3.95. The highest BCUT2D eigenvalue weighted by atomic mass is 19.4. The number of nitrogens with zero attached hydrogens (tertiary/aromatic N) is 1. The zero-order valence-electron chi connectivity index (χ0n) is 15.9. The summed E-state index contributed by atoms with van der Waals surface area (Å²) in [7, 11) is 0. The number of ether oxygens (including phenoxy) is 1. The normalized spacial score (nSPS) is 21.0. The summed E-state index contributed by atoms with van der Waals surface area (Å²) in [5.41, 5.74) is -0.407. The van der Waals surface area contributed by atoms with Crippen LogP contribution < -0.4 is 5.32 Å². The molecule has 1 saturated heterocycles. The average molecular weight is 396 g/mol. The highest BCUT2D eigenvalue weighted by Gasteiger charge is 2.38. The van der Waals surface area contributed by atoms with Crippen molar-refractivity contribution >= 4 is 12.0 Å². The van der Waals surface area contributed by atoms with Crippen molar-refractivity contribution < 1.29 is 22.7 Å². The van der Waals surface area contributed by atoms with Gasteiger partial charge in [-0.05, 0) is 36.6 Å². The van der Waals surface area contributed by atoms with E-state index >= 15 is 0 Å². The van der Waals surface area contributed by atoms with Crippen LogP contribution in [0.2, 0.25) is 0 Å². The molecule has 0 unspecified atom stereocenters. The Morgan fingerprint density at radius 3 is 2.57 bits per heavy atom. The summed E-state index contributed by atoms with van der Waals surface area (Å²) in [5, 5.41) is 2.98. The molecule has 2 aliphatic rings. The van der Waals surface area contributed by atoms with Gasteiger partial charge in [-0.15, -0.1) is 0 Å². The molecule has 154 valence electrons. The number of hydrogen-bond acceptors (Lipinski definition) is 3. The molecule has 1 aliphatic carbocycles. The zero-order chi connectivity index (χ0) is 20.0. The van der Waals surface area contributed by atoms with E-state index in [2.05, 4.69) is 10.2 Å². The molecule has 1 aliphatic heterocycles. The third kappa shape index (κ3) is 5.35. The smallest absolute Gasteiger partial charge is 0.379 e. The number of hydrogen-bond donors (Lipinski definition) is 1. The Hall–Kier alpha value is -1.86. The minimum Gasteiger partial charge on any atom is -0.379 e. The Kier molecular flexibility index (Phi) is 6.78. The van der Waals surface area contributed by atoms with Crippen molar-refractivity contribution in [2.24, 2.45) is 0 Å². The first-order valence-electron chi connectivity index (χ1n) is 9.85. The zero-order valence-corrected chi connectivity index (χ0v) is 15.9. The number of carbonyl (C=O) groups excluding carboxylic acids is 1. The molecule has 0 atom stereocenters. The maximum atomic E-state index is 12.8. The van der Waals surface area contributed by atoms with Crippen molar-refractivity contribution in [3.05, 3.63) is 41.5 Å². The number of amides is 1. The van der Waals surface area contributed by atoms with Gasteiger partial charge in [0, 0.05) is 31.2 Å². The Morgan fingerprint density at radius 2 is 1.89 bits per heavy atom. The van der Waals surface area contributed by atoms with Gasteiger partial charge < -0.3 is 10.1 Å². The largest absolute Gasteiger partial charge is 0.416 e. The maximum Gasteiger partial charge on any atom is 0.416 e. The summed E-state index contributed by atoms with van der Waals surface area (Å²) in [5.74, 6) is -0.282. The minimum atomic E-state index is -4.39. The molecule has 0 radical (unpaired) electrons. The van der Waals surface area contributed by atoms with Crippen LogP contribution in [0.25, 0.3) is 6.08 Å². The number of benzene rings is 1. The molecule has 1 aromatic rings. The second-order valence-electron chi connectivity index (χ2n) is 7.56. The van der Waals surface area contributed by atoms with Gasteiger partial charge in [0.1, 0.15) is 0 Å². The first-order valence-corrected chi connectivity index (χ1v) is 9.85. The third-order valence-corrected chi connectivity index (χ3v) is 5.70. The Bertz CT molecular complexity index is 691. The SMILES string of the molecule is O=C(/C=C/c1cccc(C(F)(F)F)c1)NCC1(N2CCOCC2)CCCCC1. The average Bonchev–Trinajstić information content (AvgIpc) is 2.72. The van der Waals surface area contributed by atoms with Gasteiger partial charge >= 0.3 is 6.18 Å². The van der Waals surface area contributed by atoms with E-state index in [9.17, 15) is 18.0 Å². The lowest BCUT2D eigenvalue weighted by Gasteiger charge is -2.48. The molecule has 4 nitrogen and oxygen atoms in total. The number of carbonyl (C=O) groups is 1. The van der Waals surface area contributed by atoms with Crippen LogP contribution in [-0.2, 0) is 15.7 Å². The summed E-state index contributed by atoms with van der Waals surface area (Å²) in [6.45, 7) is 3.72. The molecule has 3 rings (SSSR count). The summed E-state index contributed by atoms with van der Waals surface area (Å²) < 4.78 is 43.8. The van der Waals surface area contributed by atoms with Crippen molar-refractivity contribution in [2.45, 2.75) is 43.8 Å². The van der Waals surface area contributed by atoms with E-state index < -0.39 is 11.7 Å². The number of morpholine rings is 1. The summed E-state index contributed by atoms with van der Waals surface area (Å²) in [6, 6.07) is 4.96. The number of rotatable bonds is 5. The second kappa shape index (κ2) is 9.09. The van der Waals surface area contributed by atoms with Crippen LogP contribution in [-0.4, -0.2) is 49.2 Å². The van der Waals surface area contributed by atoms with Crippen LogP contribution in [0.15, 0.2) is 30.3 Å². The van der Waals surface area contributed by atoms with Gasteiger partial charge in [-0.1, -0.05) is 31.4 Å². The number of nitrogens with one attached hydrogen (secondary N) is 1. The van der Waals surface area contributed by atoms with E-state index in [-0.39, 0.29) is 11.4 Å². The Labute approximate surface area is 163 Å². The van der Waals surface area contributed by atoms with E-state index in [0.717, 1.165) is 50.9 Å². The molecule has 1 N–H and O–H groups in total. The fourth-order valence-corrected chi connectivity index (χ4v) is 4.15. The highest BCUT2D eigenvalue weighted by Crippen LogP contribution is 2.34. The molecule has 1 heterocycles. The van der Waals surface area contributed by atoms with Crippen LogP contribution in [0.5, 0.6) is 0 Å². The standard InChI is InChI=1S/C21H27F3N2O2/c22-21(23,24)18-6-4-5-17(15-18)7-8-19(27)25-16-20(9-2-1-3-10-20)26-11-13-28-14-12-26/h4-8,15H,1-3,9-14,16H2,(H,25,27)/b8-7+. The highest BCUT2D eigenvalue weighted by molar-refractivity contribution is 5.91. The van der Waals surface area contributed by atoms with Gasteiger partial charge in [0.15, 0.2) is 0 Å². The van der Waals surface area contributed by atoms with Gasteiger partial charge in [-0.2, -0.15) is 13.2 Å². The van der Waals surface area contributed by atoms with Gasteiger partial charge in [0.25, 0.3) is 0 Å². The molecule has 0 bridgehead atoms. The molecule has 7 heteroatoms. The topological polar surface area (TPSA) is 41.6 Å². The third-order valence-electron chi connectivity index (χ3n) is 5.70. The molecular weight excluding hydrogens is 369 g/mol. The predicted molar refractivity (Wildman–Crippen MR) is 102 cm³/mol. The summed E-state index contributed by atoms with van der Waals surface area (Å²) in [4.78, 5) is 14.7. The van der Waals surface area contributed by atoms with Crippen molar-refractivity contribution in [1.29, 1.82) is 0 Å². The molecule has 1 saturated carbocycles. The van der Waals surface area contributed by atoms with Crippen molar-refractivity contribution in [3.63, 3.8) is 0 Å². The van der Waals surface area contributed by atoms with Crippen molar-refractivity contribution in [1.82, 2.24) is 10.2 Å². The minimum absolute atomic E-state index is 0.0399. The molecule has 0 spiro atoms.